The molecule has 0 saturated carbocycles. The van der Waals surface area contributed by atoms with Crippen LogP contribution in [0.25, 0.3) is 0 Å². The summed E-state index contributed by atoms with van der Waals surface area (Å²) in [4.78, 5) is 0. The summed E-state index contributed by atoms with van der Waals surface area (Å²) in [5, 5.41) is 13.1. The highest BCUT2D eigenvalue weighted by molar-refractivity contribution is 4.71. The Balaban J connectivity index is 2.58. The second-order valence-electron chi connectivity index (χ2n) is 4.53. The van der Waals surface area contributed by atoms with Crippen LogP contribution >= 0.6 is 0 Å². The van der Waals surface area contributed by atoms with Gasteiger partial charge in [0.1, 0.15) is 24.9 Å². The van der Waals surface area contributed by atoms with Crippen molar-refractivity contribution in [3.63, 3.8) is 0 Å². The zero-order chi connectivity index (χ0) is 14.8. The van der Waals surface area contributed by atoms with Crippen molar-refractivity contribution in [1.82, 2.24) is 21.3 Å². The lowest BCUT2D eigenvalue weighted by atomic mass is 10.4. The first-order valence-corrected chi connectivity index (χ1v) is 6.78. The third-order valence-electron chi connectivity index (χ3n) is 3.26. The maximum Gasteiger partial charge on any atom is 0.120 e. The Morgan fingerprint density at radius 2 is 0.700 bits per heavy atom. The second-order valence-corrected chi connectivity index (χ2v) is 4.53. The van der Waals surface area contributed by atoms with Crippen LogP contribution in [0.5, 0.6) is 0 Å². The summed E-state index contributed by atoms with van der Waals surface area (Å²) in [7, 11) is 6.67. The standard InChI is InChI=1S/C12H28N4O4/c1-17-9-5-14-11(19-3)7-16-12(20-4)8-15-10(18-2)6-13-9/h9-16H,5-8H2,1-4H3. The molecule has 0 aromatic carbocycles. The number of ether oxygens (including phenoxy) is 4. The van der Waals surface area contributed by atoms with Crippen molar-refractivity contribution in [2.24, 2.45) is 0 Å². The Hall–Kier alpha value is -0.320. The summed E-state index contributed by atoms with van der Waals surface area (Å²) >= 11 is 0. The predicted molar refractivity (Wildman–Crippen MR) is 75.2 cm³/mol. The molecule has 0 aromatic heterocycles. The molecule has 1 aliphatic heterocycles. The molecule has 120 valence electrons. The van der Waals surface area contributed by atoms with Gasteiger partial charge in [-0.3, -0.25) is 21.3 Å². The number of methoxy groups -OCH3 is 4. The number of hydrogen-bond acceptors (Lipinski definition) is 8. The van der Waals surface area contributed by atoms with E-state index in [1.807, 2.05) is 0 Å². The van der Waals surface area contributed by atoms with Crippen LogP contribution in [0.15, 0.2) is 0 Å². The molecule has 0 bridgehead atoms. The van der Waals surface area contributed by atoms with Crippen molar-refractivity contribution in [3.05, 3.63) is 0 Å². The van der Waals surface area contributed by atoms with Crippen molar-refractivity contribution in [2.75, 3.05) is 54.6 Å². The van der Waals surface area contributed by atoms with E-state index in [1.165, 1.54) is 0 Å². The molecule has 1 heterocycles. The quantitative estimate of drug-likeness (QED) is 0.485. The fraction of sp³-hybridized carbons (Fsp3) is 1.00. The Bertz CT molecular complexity index is 183. The van der Waals surface area contributed by atoms with Gasteiger partial charge in [0, 0.05) is 54.6 Å². The largest absolute Gasteiger partial charge is 0.365 e. The van der Waals surface area contributed by atoms with E-state index < -0.39 is 0 Å². The van der Waals surface area contributed by atoms with Crippen LogP contribution in [0, 0.1) is 0 Å². The minimum absolute atomic E-state index is 0.107. The lowest BCUT2D eigenvalue weighted by Crippen LogP contribution is -2.55. The zero-order valence-electron chi connectivity index (χ0n) is 12.8. The first kappa shape index (κ1) is 17.7. The van der Waals surface area contributed by atoms with Crippen LogP contribution < -0.4 is 21.3 Å². The molecule has 0 radical (unpaired) electrons. The van der Waals surface area contributed by atoms with Gasteiger partial charge in [0.25, 0.3) is 0 Å². The molecule has 1 fully saturated rings. The molecule has 0 amide bonds. The molecule has 8 heteroatoms. The average molecular weight is 292 g/mol. The maximum atomic E-state index is 5.37. The fourth-order valence-electron chi connectivity index (χ4n) is 1.91. The highest BCUT2D eigenvalue weighted by Gasteiger charge is 2.18. The number of nitrogens with one attached hydrogen (secondary N) is 4. The monoisotopic (exact) mass is 292 g/mol. The van der Waals surface area contributed by atoms with Gasteiger partial charge in [-0.1, -0.05) is 0 Å². The van der Waals surface area contributed by atoms with Crippen LogP contribution in [0.2, 0.25) is 0 Å². The lowest BCUT2D eigenvalue weighted by molar-refractivity contribution is -0.00997. The SMILES string of the molecule is COC1CNC(OC)CNC(OC)CNC(OC)CN1. The molecule has 20 heavy (non-hydrogen) atoms. The van der Waals surface area contributed by atoms with E-state index in [-0.39, 0.29) is 24.9 Å². The van der Waals surface area contributed by atoms with E-state index in [0.717, 1.165) is 0 Å². The van der Waals surface area contributed by atoms with Crippen molar-refractivity contribution in [3.8, 4) is 0 Å². The first-order chi connectivity index (χ1) is 9.73. The molecule has 1 saturated heterocycles. The maximum absolute atomic E-state index is 5.37. The zero-order valence-corrected chi connectivity index (χ0v) is 12.8. The van der Waals surface area contributed by atoms with Gasteiger partial charge in [-0.25, -0.2) is 0 Å². The highest BCUT2D eigenvalue weighted by atomic mass is 16.5. The normalized spacial score (nSPS) is 34.2. The molecular formula is C12H28N4O4. The van der Waals surface area contributed by atoms with Crippen molar-refractivity contribution >= 4 is 0 Å². The van der Waals surface area contributed by atoms with Crippen LogP contribution in [-0.4, -0.2) is 79.5 Å². The molecule has 0 spiro atoms. The van der Waals surface area contributed by atoms with Gasteiger partial charge in [-0.15, -0.1) is 0 Å². The molecule has 0 aliphatic carbocycles. The third kappa shape index (κ3) is 6.42. The van der Waals surface area contributed by atoms with E-state index in [1.54, 1.807) is 28.4 Å². The van der Waals surface area contributed by atoms with Gasteiger partial charge in [0.15, 0.2) is 0 Å². The van der Waals surface area contributed by atoms with Crippen molar-refractivity contribution in [1.29, 1.82) is 0 Å². The van der Waals surface area contributed by atoms with Crippen molar-refractivity contribution < 1.29 is 18.9 Å². The Labute approximate surface area is 120 Å². The molecule has 0 aromatic rings. The van der Waals surface area contributed by atoms with E-state index in [9.17, 15) is 0 Å². The molecular weight excluding hydrogens is 264 g/mol. The fourth-order valence-corrected chi connectivity index (χ4v) is 1.91. The minimum atomic E-state index is -0.107. The van der Waals surface area contributed by atoms with Crippen LogP contribution in [-0.2, 0) is 18.9 Å². The highest BCUT2D eigenvalue weighted by Crippen LogP contribution is 1.94. The Morgan fingerprint density at radius 3 is 0.850 bits per heavy atom. The summed E-state index contributed by atoms with van der Waals surface area (Å²) in [6.07, 6.45) is -0.427. The average Bonchev–Trinajstić information content (AvgIpc) is 2.48. The van der Waals surface area contributed by atoms with Gasteiger partial charge in [-0.05, 0) is 0 Å². The first-order valence-electron chi connectivity index (χ1n) is 6.78. The van der Waals surface area contributed by atoms with Crippen LogP contribution in [0.3, 0.4) is 0 Å². The summed E-state index contributed by atoms with van der Waals surface area (Å²) < 4.78 is 21.5. The summed E-state index contributed by atoms with van der Waals surface area (Å²) in [6.45, 7) is 2.52. The van der Waals surface area contributed by atoms with Gasteiger partial charge < -0.3 is 18.9 Å². The lowest BCUT2D eigenvalue weighted by Gasteiger charge is -2.28. The molecule has 8 nitrogen and oxygen atoms in total. The summed E-state index contributed by atoms with van der Waals surface area (Å²) in [5.74, 6) is 0. The molecule has 4 unspecified atom stereocenters. The van der Waals surface area contributed by atoms with Gasteiger partial charge in [0.2, 0.25) is 0 Å². The van der Waals surface area contributed by atoms with Crippen LogP contribution in [0.4, 0.5) is 0 Å². The third-order valence-corrected chi connectivity index (χ3v) is 3.26. The van der Waals surface area contributed by atoms with E-state index >= 15 is 0 Å². The van der Waals surface area contributed by atoms with E-state index in [0.29, 0.717) is 26.2 Å². The molecule has 1 aliphatic rings. The second kappa shape index (κ2) is 10.4. The molecule has 4 atom stereocenters. The van der Waals surface area contributed by atoms with E-state index in [4.69, 9.17) is 18.9 Å². The van der Waals surface area contributed by atoms with Crippen LogP contribution in [0.1, 0.15) is 0 Å². The molecule has 1 rings (SSSR count). The number of hydrogen-bond donors (Lipinski definition) is 4. The minimum Gasteiger partial charge on any atom is -0.365 e. The summed E-state index contributed by atoms with van der Waals surface area (Å²) in [6, 6.07) is 0. The van der Waals surface area contributed by atoms with Gasteiger partial charge in [0.05, 0.1) is 0 Å². The van der Waals surface area contributed by atoms with E-state index in [2.05, 4.69) is 21.3 Å². The predicted octanol–water partition coefficient (Wildman–Crippen LogP) is -1.75. The smallest absolute Gasteiger partial charge is 0.120 e. The Morgan fingerprint density at radius 1 is 0.500 bits per heavy atom. The molecule has 4 N–H and O–H groups in total. The summed E-state index contributed by atoms with van der Waals surface area (Å²) in [5.41, 5.74) is 0. The topological polar surface area (TPSA) is 85.0 Å². The van der Waals surface area contributed by atoms with Gasteiger partial charge in [-0.2, -0.15) is 0 Å². The Kier molecular flexibility index (Phi) is 9.23. The van der Waals surface area contributed by atoms with Gasteiger partial charge >= 0.3 is 0 Å². The number of rotatable bonds is 4. The van der Waals surface area contributed by atoms with Crippen molar-refractivity contribution in [2.45, 2.75) is 24.9 Å².